The lowest BCUT2D eigenvalue weighted by molar-refractivity contribution is -0.116. The summed E-state index contributed by atoms with van der Waals surface area (Å²) in [5, 5.41) is 8.55. The van der Waals surface area contributed by atoms with Gasteiger partial charge in [0.15, 0.2) is 5.78 Å². The lowest BCUT2D eigenvalue weighted by Crippen LogP contribution is -2.46. The fourth-order valence-corrected chi connectivity index (χ4v) is 5.39. The van der Waals surface area contributed by atoms with E-state index in [0.29, 0.717) is 18.5 Å². The predicted molar refractivity (Wildman–Crippen MR) is 118 cm³/mol. The van der Waals surface area contributed by atoms with Gasteiger partial charge in [-0.2, -0.15) is 0 Å². The average Bonchev–Trinajstić information content (AvgIpc) is 3.44. The molecule has 156 valence electrons. The van der Waals surface area contributed by atoms with Crippen LogP contribution in [0.15, 0.2) is 53.0 Å². The SMILES string of the molecule is O=C1CCCC2=C1[C@H](c1cccs1)N(C(=O)NC[C@@H]1CCCO1)c1ccccc1N2. The number of fused-ring (bicyclic) bond motifs is 1. The summed E-state index contributed by atoms with van der Waals surface area (Å²) in [4.78, 5) is 29.4. The van der Waals surface area contributed by atoms with Crippen molar-refractivity contribution in [1.29, 1.82) is 0 Å². The second kappa shape index (κ2) is 8.24. The Morgan fingerprint density at radius 1 is 1.20 bits per heavy atom. The summed E-state index contributed by atoms with van der Waals surface area (Å²) in [6, 6.07) is 11.1. The number of urea groups is 1. The molecule has 3 aliphatic rings. The van der Waals surface area contributed by atoms with E-state index in [1.54, 1.807) is 16.2 Å². The molecule has 3 heterocycles. The Labute approximate surface area is 179 Å². The number of Topliss-reactive ketones (excluding diaryl/α,β-unsaturated/α-hetero) is 1. The van der Waals surface area contributed by atoms with Crippen LogP contribution in [-0.4, -0.2) is 31.1 Å². The molecule has 2 N–H and O–H groups in total. The largest absolute Gasteiger partial charge is 0.376 e. The molecule has 1 aromatic heterocycles. The minimum absolute atomic E-state index is 0.0561. The molecular formula is C23H25N3O3S. The molecule has 2 aromatic rings. The third-order valence-electron chi connectivity index (χ3n) is 5.97. The van der Waals surface area contributed by atoms with Crippen molar-refractivity contribution in [1.82, 2.24) is 5.32 Å². The summed E-state index contributed by atoms with van der Waals surface area (Å²) in [6.45, 7) is 1.22. The van der Waals surface area contributed by atoms with Crippen LogP contribution in [0.4, 0.5) is 16.2 Å². The third kappa shape index (κ3) is 3.52. The molecule has 0 bridgehead atoms. The quantitative estimate of drug-likeness (QED) is 0.756. The van der Waals surface area contributed by atoms with E-state index in [9.17, 15) is 9.59 Å². The van der Waals surface area contributed by atoms with Crippen LogP contribution >= 0.6 is 11.3 Å². The summed E-state index contributed by atoms with van der Waals surface area (Å²) < 4.78 is 5.68. The van der Waals surface area contributed by atoms with Crippen molar-refractivity contribution in [3.63, 3.8) is 0 Å². The first-order chi connectivity index (χ1) is 14.7. The first-order valence-electron chi connectivity index (χ1n) is 10.6. The van der Waals surface area contributed by atoms with E-state index in [2.05, 4.69) is 10.6 Å². The van der Waals surface area contributed by atoms with Crippen molar-refractivity contribution in [2.45, 2.75) is 44.2 Å². The Kier molecular flexibility index (Phi) is 5.31. The highest BCUT2D eigenvalue weighted by Crippen LogP contribution is 2.45. The molecular weight excluding hydrogens is 398 g/mol. The molecule has 0 unspecified atom stereocenters. The predicted octanol–water partition coefficient (Wildman–Crippen LogP) is 4.62. The summed E-state index contributed by atoms with van der Waals surface area (Å²) >= 11 is 1.58. The zero-order chi connectivity index (χ0) is 20.5. The van der Waals surface area contributed by atoms with E-state index >= 15 is 0 Å². The zero-order valence-corrected chi connectivity index (χ0v) is 17.5. The number of allylic oxidation sites excluding steroid dienone is 1. The van der Waals surface area contributed by atoms with Crippen molar-refractivity contribution in [3.05, 3.63) is 57.9 Å². The number of thiophene rings is 1. The lowest BCUT2D eigenvalue weighted by Gasteiger charge is -2.33. The van der Waals surface area contributed by atoms with Crippen LogP contribution in [0.3, 0.4) is 0 Å². The Morgan fingerprint density at radius 3 is 2.90 bits per heavy atom. The van der Waals surface area contributed by atoms with Gasteiger partial charge in [-0.15, -0.1) is 11.3 Å². The number of rotatable bonds is 3. The van der Waals surface area contributed by atoms with Crippen LogP contribution in [0, 0.1) is 0 Å². The third-order valence-corrected chi connectivity index (χ3v) is 6.90. The molecule has 1 fully saturated rings. The summed E-state index contributed by atoms with van der Waals surface area (Å²) in [7, 11) is 0. The Hall–Kier alpha value is -2.64. The van der Waals surface area contributed by atoms with E-state index in [4.69, 9.17) is 4.74 Å². The summed E-state index contributed by atoms with van der Waals surface area (Å²) in [6.07, 6.45) is 4.20. The van der Waals surface area contributed by atoms with Crippen molar-refractivity contribution in [3.8, 4) is 0 Å². The van der Waals surface area contributed by atoms with Crippen molar-refractivity contribution in [2.75, 3.05) is 23.4 Å². The molecule has 1 aromatic carbocycles. The molecule has 0 radical (unpaired) electrons. The number of nitrogens with one attached hydrogen (secondary N) is 2. The number of amides is 2. The second-order valence-electron chi connectivity index (χ2n) is 7.92. The minimum Gasteiger partial charge on any atom is -0.376 e. The summed E-state index contributed by atoms with van der Waals surface area (Å²) in [5.74, 6) is 0.117. The molecule has 6 nitrogen and oxygen atoms in total. The van der Waals surface area contributed by atoms with Gasteiger partial charge in [0.2, 0.25) is 0 Å². The van der Waals surface area contributed by atoms with Gasteiger partial charge in [0, 0.05) is 35.7 Å². The molecule has 30 heavy (non-hydrogen) atoms. The molecule has 0 spiro atoms. The zero-order valence-electron chi connectivity index (χ0n) is 16.7. The smallest absolute Gasteiger partial charge is 0.322 e. The highest BCUT2D eigenvalue weighted by molar-refractivity contribution is 7.10. The lowest BCUT2D eigenvalue weighted by atomic mass is 9.88. The second-order valence-corrected chi connectivity index (χ2v) is 8.90. The van der Waals surface area contributed by atoms with Gasteiger partial charge in [0.25, 0.3) is 0 Å². The van der Waals surface area contributed by atoms with Crippen molar-refractivity contribution >= 4 is 34.5 Å². The van der Waals surface area contributed by atoms with Gasteiger partial charge in [-0.3, -0.25) is 9.69 Å². The number of carbonyl (C=O) groups excluding carboxylic acids is 2. The maximum Gasteiger partial charge on any atom is 0.322 e. The van der Waals surface area contributed by atoms with Gasteiger partial charge in [0.1, 0.15) is 6.04 Å². The standard InChI is InChI=1S/C23H25N3O3S/c27-19-10-3-8-17-21(19)22(20-11-5-13-30-20)26(18-9-2-1-7-16(18)25-17)23(28)24-14-15-6-4-12-29-15/h1-2,5,7,9,11,13,15,22,25H,3-4,6,8,10,12,14H2,(H,24,28)/t15-,22-/m0/s1. The maximum atomic E-state index is 13.6. The Morgan fingerprint density at radius 2 is 2.10 bits per heavy atom. The highest BCUT2D eigenvalue weighted by atomic mass is 32.1. The molecule has 5 rings (SSSR count). The fourth-order valence-electron chi connectivity index (χ4n) is 4.57. The molecule has 2 atom stereocenters. The van der Waals surface area contributed by atoms with Crippen LogP contribution in [0.1, 0.15) is 43.0 Å². The molecule has 2 amide bonds. The number of nitrogens with zero attached hydrogens (tertiary/aromatic N) is 1. The van der Waals surface area contributed by atoms with Gasteiger partial charge in [0.05, 0.1) is 17.5 Å². The maximum absolute atomic E-state index is 13.6. The van der Waals surface area contributed by atoms with Crippen LogP contribution < -0.4 is 15.5 Å². The van der Waals surface area contributed by atoms with Crippen LogP contribution in [0.5, 0.6) is 0 Å². The molecule has 0 saturated carbocycles. The van der Waals surface area contributed by atoms with Gasteiger partial charge in [-0.1, -0.05) is 18.2 Å². The van der Waals surface area contributed by atoms with Gasteiger partial charge < -0.3 is 15.4 Å². The molecule has 1 aliphatic carbocycles. The Bertz CT molecular complexity index is 979. The van der Waals surface area contributed by atoms with E-state index in [0.717, 1.165) is 54.2 Å². The van der Waals surface area contributed by atoms with Crippen LogP contribution in [0.25, 0.3) is 0 Å². The van der Waals surface area contributed by atoms with E-state index in [1.807, 2.05) is 41.8 Å². The number of carbonyl (C=O) groups is 2. The number of anilines is 2. The van der Waals surface area contributed by atoms with Crippen molar-refractivity contribution in [2.24, 2.45) is 0 Å². The Balaban J connectivity index is 1.59. The van der Waals surface area contributed by atoms with Gasteiger partial charge in [-0.25, -0.2) is 4.79 Å². The molecule has 1 saturated heterocycles. The average molecular weight is 424 g/mol. The first kappa shape index (κ1) is 19.3. The van der Waals surface area contributed by atoms with E-state index < -0.39 is 6.04 Å². The fraction of sp³-hybridized carbons (Fsp3) is 0.391. The van der Waals surface area contributed by atoms with Gasteiger partial charge in [-0.05, 0) is 49.3 Å². The van der Waals surface area contributed by atoms with Crippen LogP contribution in [-0.2, 0) is 9.53 Å². The number of ketones is 1. The van der Waals surface area contributed by atoms with Crippen molar-refractivity contribution < 1.29 is 14.3 Å². The first-order valence-corrected chi connectivity index (χ1v) is 11.4. The molecule has 2 aliphatic heterocycles. The minimum atomic E-state index is -0.437. The number of benzene rings is 1. The van der Waals surface area contributed by atoms with E-state index in [1.165, 1.54) is 0 Å². The highest BCUT2D eigenvalue weighted by Gasteiger charge is 2.40. The van der Waals surface area contributed by atoms with E-state index in [-0.39, 0.29) is 17.9 Å². The number of hydrogen-bond acceptors (Lipinski definition) is 5. The normalized spacial score (nSPS) is 23.5. The summed E-state index contributed by atoms with van der Waals surface area (Å²) in [5.41, 5.74) is 3.28. The topological polar surface area (TPSA) is 70.7 Å². The van der Waals surface area contributed by atoms with Gasteiger partial charge >= 0.3 is 6.03 Å². The monoisotopic (exact) mass is 423 g/mol. The number of hydrogen-bond donors (Lipinski definition) is 2. The number of para-hydroxylation sites is 2. The number of ether oxygens (including phenoxy) is 1. The van der Waals surface area contributed by atoms with Crippen LogP contribution in [0.2, 0.25) is 0 Å². The molecule has 7 heteroatoms.